The van der Waals surface area contributed by atoms with E-state index in [-0.39, 0.29) is 6.03 Å². The van der Waals surface area contributed by atoms with E-state index in [2.05, 4.69) is 38.4 Å². The molecule has 0 radical (unpaired) electrons. The van der Waals surface area contributed by atoms with Gasteiger partial charge in [0.15, 0.2) is 0 Å². The number of nitrogens with one attached hydrogen (secondary N) is 2. The predicted octanol–water partition coefficient (Wildman–Crippen LogP) is 2.92. The number of benzene rings is 1. The second-order valence-corrected chi connectivity index (χ2v) is 6.05. The number of aromatic amines is 1. The van der Waals surface area contributed by atoms with Gasteiger partial charge in [0.05, 0.1) is 18.6 Å². The number of nitrogens with zero attached hydrogens (tertiary/aromatic N) is 3. The highest BCUT2D eigenvalue weighted by Gasteiger charge is 2.19. The van der Waals surface area contributed by atoms with E-state index in [0.717, 1.165) is 30.9 Å². The lowest BCUT2D eigenvalue weighted by Crippen LogP contribution is -2.38. The summed E-state index contributed by atoms with van der Waals surface area (Å²) in [7, 11) is 1.66. The lowest BCUT2D eigenvalue weighted by atomic mass is 10.1. The van der Waals surface area contributed by atoms with Crippen molar-refractivity contribution in [3.8, 4) is 0 Å². The lowest BCUT2D eigenvalue weighted by Gasteiger charge is -2.27. The fourth-order valence-corrected chi connectivity index (χ4v) is 3.28. The number of anilines is 2. The zero-order chi connectivity index (χ0) is 16.9. The molecular weight excluding hydrogens is 302 g/mol. The Hall–Kier alpha value is -2.50. The van der Waals surface area contributed by atoms with E-state index in [4.69, 9.17) is 0 Å². The van der Waals surface area contributed by atoms with E-state index in [1.165, 1.54) is 24.1 Å². The monoisotopic (exact) mass is 327 g/mol. The standard InChI is InChI=1S/C18H25N5O/c1-3-23(18(24)19-2)16-8-7-14-6-4-5-9-22(17(14)10-16)12-15-11-20-13-21-15/h7-8,10-11,13H,3-6,9,12H2,1-2H3,(H,19,24)(H,20,21). The molecule has 0 saturated carbocycles. The number of H-pyrrole nitrogens is 1. The second-order valence-electron chi connectivity index (χ2n) is 6.05. The van der Waals surface area contributed by atoms with Crippen LogP contribution in [-0.2, 0) is 13.0 Å². The van der Waals surface area contributed by atoms with Gasteiger partial charge in [-0.1, -0.05) is 6.07 Å². The summed E-state index contributed by atoms with van der Waals surface area (Å²) in [6.07, 6.45) is 7.10. The van der Waals surface area contributed by atoms with Crippen LogP contribution < -0.4 is 15.1 Å². The Morgan fingerprint density at radius 1 is 1.42 bits per heavy atom. The summed E-state index contributed by atoms with van der Waals surface area (Å²) < 4.78 is 0. The molecule has 2 amide bonds. The predicted molar refractivity (Wildman–Crippen MR) is 96.5 cm³/mol. The molecule has 1 aromatic carbocycles. The highest BCUT2D eigenvalue weighted by atomic mass is 16.2. The smallest absolute Gasteiger partial charge is 0.321 e. The average Bonchev–Trinajstić information content (AvgIpc) is 3.03. The van der Waals surface area contributed by atoms with Crippen LogP contribution in [0, 0.1) is 0 Å². The number of carbonyl (C=O) groups is 1. The summed E-state index contributed by atoms with van der Waals surface area (Å²) in [5.74, 6) is 0. The number of fused-ring (bicyclic) bond motifs is 1. The minimum absolute atomic E-state index is 0.0788. The van der Waals surface area contributed by atoms with Crippen molar-refractivity contribution in [2.45, 2.75) is 32.7 Å². The van der Waals surface area contributed by atoms with E-state index >= 15 is 0 Å². The highest BCUT2D eigenvalue weighted by molar-refractivity contribution is 5.92. The zero-order valence-corrected chi connectivity index (χ0v) is 14.4. The molecule has 0 aliphatic carbocycles. The van der Waals surface area contributed by atoms with Gasteiger partial charge in [-0.2, -0.15) is 0 Å². The Balaban J connectivity index is 1.94. The third-order valence-corrected chi connectivity index (χ3v) is 4.53. The van der Waals surface area contributed by atoms with Gasteiger partial charge in [-0.25, -0.2) is 9.78 Å². The summed E-state index contributed by atoms with van der Waals surface area (Å²) in [5.41, 5.74) is 4.53. The molecule has 0 saturated heterocycles. The Morgan fingerprint density at radius 2 is 2.29 bits per heavy atom. The van der Waals surface area contributed by atoms with Crippen LogP contribution in [0.15, 0.2) is 30.7 Å². The minimum Gasteiger partial charge on any atom is -0.365 e. The maximum atomic E-state index is 12.1. The molecule has 6 heteroatoms. The molecule has 0 bridgehead atoms. The number of aryl methyl sites for hydroxylation is 1. The third-order valence-electron chi connectivity index (χ3n) is 4.53. The van der Waals surface area contributed by atoms with Gasteiger partial charge in [0.2, 0.25) is 0 Å². The molecule has 2 N–H and O–H groups in total. The van der Waals surface area contributed by atoms with Gasteiger partial charge in [0.25, 0.3) is 0 Å². The van der Waals surface area contributed by atoms with Crippen LogP contribution in [0.3, 0.4) is 0 Å². The van der Waals surface area contributed by atoms with Gasteiger partial charge in [-0.15, -0.1) is 0 Å². The van der Waals surface area contributed by atoms with Crippen LogP contribution in [0.5, 0.6) is 0 Å². The molecule has 0 unspecified atom stereocenters. The largest absolute Gasteiger partial charge is 0.365 e. The zero-order valence-electron chi connectivity index (χ0n) is 14.4. The van der Waals surface area contributed by atoms with Crippen molar-refractivity contribution < 1.29 is 4.79 Å². The summed E-state index contributed by atoms with van der Waals surface area (Å²) in [4.78, 5) is 23.6. The van der Waals surface area contributed by atoms with E-state index in [0.29, 0.717) is 6.54 Å². The topological polar surface area (TPSA) is 64.3 Å². The number of rotatable bonds is 4. The van der Waals surface area contributed by atoms with Crippen LogP contribution >= 0.6 is 0 Å². The van der Waals surface area contributed by atoms with E-state index in [1.807, 2.05) is 13.1 Å². The van der Waals surface area contributed by atoms with Gasteiger partial charge in [-0.05, 0) is 43.9 Å². The molecule has 1 aliphatic rings. The van der Waals surface area contributed by atoms with Crippen LogP contribution in [0.4, 0.5) is 16.2 Å². The number of urea groups is 1. The normalized spacial score (nSPS) is 14.0. The van der Waals surface area contributed by atoms with Crippen molar-refractivity contribution in [1.82, 2.24) is 15.3 Å². The summed E-state index contributed by atoms with van der Waals surface area (Å²) in [6, 6.07) is 6.28. The van der Waals surface area contributed by atoms with Crippen molar-refractivity contribution in [1.29, 1.82) is 0 Å². The van der Waals surface area contributed by atoms with Crippen molar-refractivity contribution in [3.63, 3.8) is 0 Å². The molecule has 0 spiro atoms. The molecule has 0 fully saturated rings. The second kappa shape index (κ2) is 7.38. The molecule has 2 aromatic rings. The molecule has 128 valence electrons. The van der Waals surface area contributed by atoms with Crippen LogP contribution in [0.25, 0.3) is 0 Å². The highest BCUT2D eigenvalue weighted by Crippen LogP contribution is 2.31. The first kappa shape index (κ1) is 16.4. The van der Waals surface area contributed by atoms with Crippen LogP contribution in [0.1, 0.15) is 31.0 Å². The van der Waals surface area contributed by atoms with Crippen molar-refractivity contribution in [3.05, 3.63) is 42.0 Å². The molecule has 2 heterocycles. The Kier molecular flexibility index (Phi) is 5.03. The summed E-state index contributed by atoms with van der Waals surface area (Å²) >= 11 is 0. The number of carbonyl (C=O) groups excluding carboxylic acids is 1. The minimum atomic E-state index is -0.0788. The number of imidazole rings is 1. The van der Waals surface area contributed by atoms with E-state index in [9.17, 15) is 4.79 Å². The molecule has 1 aromatic heterocycles. The number of hydrogen-bond donors (Lipinski definition) is 2. The molecule has 1 aliphatic heterocycles. The van der Waals surface area contributed by atoms with Crippen LogP contribution in [-0.4, -0.2) is 36.1 Å². The number of amides is 2. The van der Waals surface area contributed by atoms with Crippen LogP contribution in [0.2, 0.25) is 0 Å². The molecule has 0 atom stereocenters. The Bertz CT molecular complexity index is 683. The maximum absolute atomic E-state index is 12.1. The van der Waals surface area contributed by atoms with Gasteiger partial charge in [-0.3, -0.25) is 4.90 Å². The lowest BCUT2D eigenvalue weighted by molar-refractivity contribution is 0.248. The van der Waals surface area contributed by atoms with E-state index < -0.39 is 0 Å². The van der Waals surface area contributed by atoms with Gasteiger partial charge >= 0.3 is 6.03 Å². The molecule has 6 nitrogen and oxygen atoms in total. The first-order chi connectivity index (χ1) is 11.7. The van der Waals surface area contributed by atoms with Gasteiger partial charge < -0.3 is 15.2 Å². The van der Waals surface area contributed by atoms with Crippen molar-refractivity contribution in [2.75, 3.05) is 29.9 Å². The molecule has 3 rings (SSSR count). The Labute approximate surface area is 142 Å². The fourth-order valence-electron chi connectivity index (χ4n) is 3.28. The quantitative estimate of drug-likeness (QED) is 0.907. The number of aromatic nitrogens is 2. The van der Waals surface area contributed by atoms with E-state index in [1.54, 1.807) is 18.3 Å². The SMILES string of the molecule is CCN(C(=O)NC)c1ccc2c(c1)N(Cc1c[nH]cn1)CCCC2. The number of hydrogen-bond acceptors (Lipinski definition) is 3. The summed E-state index contributed by atoms with van der Waals surface area (Å²) in [6.45, 7) is 4.42. The first-order valence-corrected chi connectivity index (χ1v) is 8.57. The third kappa shape index (κ3) is 3.37. The van der Waals surface area contributed by atoms with Crippen molar-refractivity contribution in [2.24, 2.45) is 0 Å². The van der Waals surface area contributed by atoms with Gasteiger partial charge in [0.1, 0.15) is 0 Å². The molecular formula is C18H25N5O. The maximum Gasteiger partial charge on any atom is 0.321 e. The van der Waals surface area contributed by atoms with Crippen molar-refractivity contribution >= 4 is 17.4 Å². The average molecular weight is 327 g/mol. The summed E-state index contributed by atoms with van der Waals surface area (Å²) in [5, 5.41) is 2.71. The first-order valence-electron chi connectivity index (χ1n) is 8.57. The molecule has 24 heavy (non-hydrogen) atoms. The Morgan fingerprint density at radius 3 is 3.00 bits per heavy atom. The van der Waals surface area contributed by atoms with Gasteiger partial charge in [0, 0.05) is 37.7 Å². The fraction of sp³-hybridized carbons (Fsp3) is 0.444.